The average molecular weight is 380 g/mol. The second-order valence-electron chi connectivity index (χ2n) is 6.87. The predicted molar refractivity (Wildman–Crippen MR) is 106 cm³/mol. The highest BCUT2D eigenvalue weighted by Gasteiger charge is 2.30. The molecule has 2 aromatic rings. The first kappa shape index (κ1) is 19.6. The van der Waals surface area contributed by atoms with Gasteiger partial charge in [0.05, 0.1) is 6.42 Å². The van der Waals surface area contributed by atoms with Crippen LogP contribution in [0.15, 0.2) is 54.6 Å². The van der Waals surface area contributed by atoms with Crippen molar-refractivity contribution >= 4 is 23.5 Å². The molecular formula is C22H24N2O4. The SMILES string of the molecule is CC(=O)Nc1ccc(CC(=O)O[C@H](C(=O)N2CCCC2)c2ccccc2)cc1. The summed E-state index contributed by atoms with van der Waals surface area (Å²) in [5, 5.41) is 2.68. The molecule has 3 rings (SSSR count). The Labute approximate surface area is 164 Å². The van der Waals surface area contributed by atoms with Gasteiger partial charge in [-0.25, -0.2) is 0 Å². The van der Waals surface area contributed by atoms with E-state index >= 15 is 0 Å². The Morgan fingerprint density at radius 1 is 1.00 bits per heavy atom. The summed E-state index contributed by atoms with van der Waals surface area (Å²) < 4.78 is 5.61. The van der Waals surface area contributed by atoms with Crippen molar-refractivity contribution in [3.05, 3.63) is 65.7 Å². The minimum Gasteiger partial charge on any atom is -0.447 e. The normalized spacial score (nSPS) is 14.4. The van der Waals surface area contributed by atoms with E-state index in [2.05, 4.69) is 5.32 Å². The number of benzene rings is 2. The number of nitrogens with one attached hydrogen (secondary N) is 1. The molecule has 6 nitrogen and oxygen atoms in total. The van der Waals surface area contributed by atoms with Crippen LogP contribution in [0.5, 0.6) is 0 Å². The minimum absolute atomic E-state index is 0.0525. The van der Waals surface area contributed by atoms with E-state index < -0.39 is 12.1 Å². The van der Waals surface area contributed by atoms with Crippen LogP contribution in [-0.4, -0.2) is 35.8 Å². The molecule has 0 radical (unpaired) electrons. The molecule has 1 N–H and O–H groups in total. The molecule has 0 unspecified atom stereocenters. The second kappa shape index (κ2) is 9.17. The molecule has 146 valence electrons. The summed E-state index contributed by atoms with van der Waals surface area (Å²) in [6, 6.07) is 16.1. The lowest BCUT2D eigenvalue weighted by Crippen LogP contribution is -2.35. The number of amides is 2. The maximum Gasteiger partial charge on any atom is 0.311 e. The van der Waals surface area contributed by atoms with Crippen LogP contribution in [-0.2, 0) is 25.5 Å². The average Bonchev–Trinajstić information content (AvgIpc) is 3.22. The molecule has 0 bridgehead atoms. The third-order valence-corrected chi connectivity index (χ3v) is 4.62. The largest absolute Gasteiger partial charge is 0.447 e. The van der Waals surface area contributed by atoms with Gasteiger partial charge >= 0.3 is 5.97 Å². The lowest BCUT2D eigenvalue weighted by molar-refractivity contribution is -0.160. The van der Waals surface area contributed by atoms with E-state index in [9.17, 15) is 14.4 Å². The molecule has 2 amide bonds. The third kappa shape index (κ3) is 5.19. The van der Waals surface area contributed by atoms with Gasteiger partial charge in [-0.15, -0.1) is 0 Å². The van der Waals surface area contributed by atoms with E-state index in [0.29, 0.717) is 24.3 Å². The summed E-state index contributed by atoms with van der Waals surface area (Å²) in [5.74, 6) is -0.787. The fourth-order valence-electron chi connectivity index (χ4n) is 3.24. The predicted octanol–water partition coefficient (Wildman–Crippen LogP) is 3.09. The van der Waals surface area contributed by atoms with E-state index in [1.807, 2.05) is 18.2 Å². The monoisotopic (exact) mass is 380 g/mol. The Hall–Kier alpha value is -3.15. The maximum absolute atomic E-state index is 12.9. The smallest absolute Gasteiger partial charge is 0.311 e. The first-order valence-electron chi connectivity index (χ1n) is 9.42. The molecule has 1 fully saturated rings. The molecule has 0 aromatic heterocycles. The number of anilines is 1. The third-order valence-electron chi connectivity index (χ3n) is 4.62. The summed E-state index contributed by atoms with van der Waals surface area (Å²) >= 11 is 0. The molecule has 2 aromatic carbocycles. The number of likely N-dealkylation sites (tertiary alicyclic amines) is 1. The molecule has 1 aliphatic rings. The number of nitrogens with zero attached hydrogens (tertiary/aromatic N) is 1. The van der Waals surface area contributed by atoms with Crippen LogP contribution in [0.2, 0.25) is 0 Å². The van der Waals surface area contributed by atoms with Gasteiger partial charge in [-0.1, -0.05) is 42.5 Å². The van der Waals surface area contributed by atoms with Crippen molar-refractivity contribution in [1.29, 1.82) is 0 Å². The van der Waals surface area contributed by atoms with Crippen molar-refractivity contribution in [2.45, 2.75) is 32.3 Å². The summed E-state index contributed by atoms with van der Waals surface area (Å²) in [5.41, 5.74) is 2.09. The first-order chi connectivity index (χ1) is 13.5. The first-order valence-corrected chi connectivity index (χ1v) is 9.42. The van der Waals surface area contributed by atoms with Crippen molar-refractivity contribution in [3.63, 3.8) is 0 Å². The Morgan fingerprint density at radius 3 is 2.25 bits per heavy atom. The molecular weight excluding hydrogens is 356 g/mol. The Balaban J connectivity index is 1.68. The zero-order valence-corrected chi connectivity index (χ0v) is 15.9. The second-order valence-corrected chi connectivity index (χ2v) is 6.87. The van der Waals surface area contributed by atoms with Crippen molar-refractivity contribution in [2.24, 2.45) is 0 Å². The fourth-order valence-corrected chi connectivity index (χ4v) is 3.24. The molecule has 1 atom stereocenters. The number of hydrogen-bond donors (Lipinski definition) is 1. The van der Waals surface area contributed by atoms with Crippen molar-refractivity contribution in [1.82, 2.24) is 4.90 Å². The van der Waals surface area contributed by atoms with Gasteiger partial charge in [0.2, 0.25) is 12.0 Å². The Kier molecular flexibility index (Phi) is 6.42. The van der Waals surface area contributed by atoms with Crippen LogP contribution in [0, 0.1) is 0 Å². The number of hydrogen-bond acceptors (Lipinski definition) is 4. The van der Waals surface area contributed by atoms with Crippen LogP contribution in [0.4, 0.5) is 5.69 Å². The molecule has 1 heterocycles. The Bertz CT molecular complexity index is 827. The van der Waals surface area contributed by atoms with Crippen molar-refractivity contribution in [2.75, 3.05) is 18.4 Å². The maximum atomic E-state index is 12.9. The number of esters is 1. The highest BCUT2D eigenvalue weighted by Crippen LogP contribution is 2.23. The number of carbonyl (C=O) groups is 3. The van der Waals surface area contributed by atoms with Crippen molar-refractivity contribution < 1.29 is 19.1 Å². The topological polar surface area (TPSA) is 75.7 Å². The van der Waals surface area contributed by atoms with Crippen LogP contribution in [0.1, 0.15) is 37.0 Å². The van der Waals surface area contributed by atoms with Gasteiger partial charge in [0, 0.05) is 31.3 Å². The molecule has 1 aliphatic heterocycles. The quantitative estimate of drug-likeness (QED) is 0.782. The lowest BCUT2D eigenvalue weighted by Gasteiger charge is -2.23. The summed E-state index contributed by atoms with van der Waals surface area (Å²) in [4.78, 5) is 38.2. The Morgan fingerprint density at radius 2 is 1.64 bits per heavy atom. The van der Waals surface area contributed by atoms with E-state index in [4.69, 9.17) is 4.74 Å². The van der Waals surface area contributed by atoms with Crippen molar-refractivity contribution in [3.8, 4) is 0 Å². The molecule has 6 heteroatoms. The number of rotatable bonds is 6. The van der Waals surface area contributed by atoms with Gasteiger partial charge in [0.25, 0.3) is 5.91 Å². The minimum atomic E-state index is -0.926. The summed E-state index contributed by atoms with van der Waals surface area (Å²) in [6.45, 7) is 2.83. The van der Waals surface area contributed by atoms with Crippen LogP contribution < -0.4 is 5.32 Å². The van der Waals surface area contributed by atoms with Gasteiger partial charge in [-0.2, -0.15) is 0 Å². The fraction of sp³-hybridized carbons (Fsp3) is 0.318. The van der Waals surface area contributed by atoms with Crippen LogP contribution >= 0.6 is 0 Å². The van der Waals surface area contributed by atoms with Gasteiger partial charge < -0.3 is 15.0 Å². The van der Waals surface area contributed by atoms with E-state index in [-0.39, 0.29) is 18.2 Å². The standard InChI is InChI=1S/C22H24N2O4/c1-16(25)23-19-11-9-17(10-12-19)15-20(26)28-21(18-7-3-2-4-8-18)22(27)24-13-5-6-14-24/h2-4,7-12,21H,5-6,13-15H2,1H3,(H,23,25)/t21-/m0/s1. The summed E-state index contributed by atoms with van der Waals surface area (Å²) in [7, 11) is 0. The molecule has 28 heavy (non-hydrogen) atoms. The lowest BCUT2D eigenvalue weighted by atomic mass is 10.1. The van der Waals surface area contributed by atoms with Crippen LogP contribution in [0.3, 0.4) is 0 Å². The van der Waals surface area contributed by atoms with Gasteiger partial charge in [-0.05, 0) is 30.5 Å². The molecule has 0 aliphatic carbocycles. The van der Waals surface area contributed by atoms with Gasteiger partial charge in [0.1, 0.15) is 0 Å². The number of ether oxygens (including phenoxy) is 1. The highest BCUT2D eigenvalue weighted by molar-refractivity contribution is 5.89. The summed E-state index contributed by atoms with van der Waals surface area (Å²) in [6.07, 6.45) is 1.08. The van der Waals surface area contributed by atoms with Crippen LogP contribution in [0.25, 0.3) is 0 Å². The van der Waals surface area contributed by atoms with E-state index in [1.54, 1.807) is 41.3 Å². The molecule has 0 spiro atoms. The van der Waals surface area contributed by atoms with Gasteiger partial charge in [0.15, 0.2) is 0 Å². The van der Waals surface area contributed by atoms with E-state index in [0.717, 1.165) is 18.4 Å². The van der Waals surface area contributed by atoms with Gasteiger partial charge in [-0.3, -0.25) is 14.4 Å². The zero-order chi connectivity index (χ0) is 19.9. The molecule has 1 saturated heterocycles. The highest BCUT2D eigenvalue weighted by atomic mass is 16.5. The van der Waals surface area contributed by atoms with E-state index in [1.165, 1.54) is 6.92 Å². The zero-order valence-electron chi connectivity index (χ0n) is 15.9. The molecule has 0 saturated carbocycles. The number of carbonyl (C=O) groups excluding carboxylic acids is 3.